The molecule has 0 aliphatic carbocycles. The standard InChI is InChI=1S/C20H28F2N6O3.HI/c1-4-30-16-9-13(5-7-15(16)31-19(21)22)10-24-20(23-2)25-14-6-8-18-26-17(12-29-3)27-28(18)11-14;/h5,7,9,14,19H,4,6,8,10-12H2,1-3H3,(H2,23,24,25);1H. The largest absolute Gasteiger partial charge is 0.490 e. The number of rotatable bonds is 9. The van der Waals surface area contributed by atoms with Gasteiger partial charge in [0.15, 0.2) is 23.3 Å². The van der Waals surface area contributed by atoms with Crippen molar-refractivity contribution in [3.8, 4) is 11.5 Å². The van der Waals surface area contributed by atoms with Crippen molar-refractivity contribution in [1.29, 1.82) is 0 Å². The third-order valence-electron chi connectivity index (χ3n) is 4.72. The maximum Gasteiger partial charge on any atom is 0.387 e. The van der Waals surface area contributed by atoms with Crippen LogP contribution in [-0.2, 0) is 30.9 Å². The fraction of sp³-hybridized carbons (Fsp3) is 0.550. The van der Waals surface area contributed by atoms with Gasteiger partial charge in [0.25, 0.3) is 0 Å². The summed E-state index contributed by atoms with van der Waals surface area (Å²) in [4.78, 5) is 8.76. The van der Waals surface area contributed by atoms with E-state index in [1.54, 1.807) is 33.2 Å². The van der Waals surface area contributed by atoms with Crippen LogP contribution >= 0.6 is 24.0 Å². The zero-order chi connectivity index (χ0) is 22.2. The molecule has 1 aromatic heterocycles. The molecule has 0 bridgehead atoms. The monoisotopic (exact) mass is 566 g/mol. The van der Waals surface area contributed by atoms with Gasteiger partial charge in [-0.3, -0.25) is 4.99 Å². The molecule has 0 saturated carbocycles. The molecule has 3 rings (SSSR count). The van der Waals surface area contributed by atoms with Crippen LogP contribution in [0.5, 0.6) is 11.5 Å². The summed E-state index contributed by atoms with van der Waals surface area (Å²) in [7, 11) is 3.32. The van der Waals surface area contributed by atoms with Gasteiger partial charge >= 0.3 is 6.61 Å². The molecule has 1 unspecified atom stereocenters. The quantitative estimate of drug-likeness (QED) is 0.274. The number of nitrogens with zero attached hydrogens (tertiary/aromatic N) is 4. The Kier molecular flexibility index (Phi) is 10.4. The maximum absolute atomic E-state index is 12.6. The van der Waals surface area contributed by atoms with Gasteiger partial charge in [-0.1, -0.05) is 6.07 Å². The molecule has 32 heavy (non-hydrogen) atoms. The van der Waals surface area contributed by atoms with Crippen LogP contribution in [0.15, 0.2) is 23.2 Å². The summed E-state index contributed by atoms with van der Waals surface area (Å²) in [6, 6.07) is 5.02. The fourth-order valence-corrected chi connectivity index (χ4v) is 3.37. The van der Waals surface area contributed by atoms with E-state index >= 15 is 0 Å². The highest BCUT2D eigenvalue weighted by Crippen LogP contribution is 2.29. The first kappa shape index (κ1) is 26.0. The summed E-state index contributed by atoms with van der Waals surface area (Å²) in [6.45, 7) is 0.739. The van der Waals surface area contributed by atoms with Crippen molar-refractivity contribution in [2.45, 2.75) is 52.1 Å². The Morgan fingerprint density at radius 3 is 2.84 bits per heavy atom. The maximum atomic E-state index is 12.6. The molecule has 2 N–H and O–H groups in total. The van der Waals surface area contributed by atoms with Gasteiger partial charge in [0.05, 0.1) is 13.2 Å². The summed E-state index contributed by atoms with van der Waals surface area (Å²) >= 11 is 0. The second kappa shape index (κ2) is 12.7. The van der Waals surface area contributed by atoms with Crippen molar-refractivity contribution in [1.82, 2.24) is 25.4 Å². The molecule has 178 valence electrons. The molecule has 0 amide bonds. The summed E-state index contributed by atoms with van der Waals surface area (Å²) < 4.78 is 42.1. The zero-order valence-corrected chi connectivity index (χ0v) is 20.6. The summed E-state index contributed by atoms with van der Waals surface area (Å²) in [5, 5.41) is 11.1. The number of aliphatic imine (C=N–C) groups is 1. The topological polar surface area (TPSA) is 94.8 Å². The van der Waals surface area contributed by atoms with E-state index in [1.807, 2.05) is 4.68 Å². The minimum Gasteiger partial charge on any atom is -0.490 e. The van der Waals surface area contributed by atoms with Crippen LogP contribution in [0, 0.1) is 0 Å². The lowest BCUT2D eigenvalue weighted by Crippen LogP contribution is -2.46. The van der Waals surface area contributed by atoms with E-state index in [0.29, 0.717) is 38.1 Å². The first-order chi connectivity index (χ1) is 15.0. The van der Waals surface area contributed by atoms with Gasteiger partial charge in [0.2, 0.25) is 0 Å². The van der Waals surface area contributed by atoms with E-state index in [4.69, 9.17) is 9.47 Å². The van der Waals surface area contributed by atoms with E-state index in [2.05, 4.69) is 30.4 Å². The number of methoxy groups -OCH3 is 1. The van der Waals surface area contributed by atoms with Crippen molar-refractivity contribution in [2.24, 2.45) is 4.99 Å². The number of aromatic nitrogens is 3. The third-order valence-corrected chi connectivity index (χ3v) is 4.72. The number of halogens is 3. The van der Waals surface area contributed by atoms with E-state index in [1.165, 1.54) is 6.07 Å². The number of nitrogens with one attached hydrogen (secondary N) is 2. The number of benzene rings is 1. The second-order valence-corrected chi connectivity index (χ2v) is 6.96. The Morgan fingerprint density at radius 2 is 2.16 bits per heavy atom. The van der Waals surface area contributed by atoms with Crippen LogP contribution in [0.25, 0.3) is 0 Å². The second-order valence-electron chi connectivity index (χ2n) is 6.96. The van der Waals surface area contributed by atoms with E-state index < -0.39 is 6.61 Å². The van der Waals surface area contributed by atoms with Crippen LogP contribution in [0.1, 0.15) is 30.6 Å². The molecular formula is C20H29F2IN6O3. The van der Waals surface area contributed by atoms with Gasteiger partial charge in [-0.15, -0.1) is 24.0 Å². The van der Waals surface area contributed by atoms with Crippen molar-refractivity contribution in [3.63, 3.8) is 0 Å². The number of aryl methyl sites for hydroxylation is 1. The van der Waals surface area contributed by atoms with Crippen LogP contribution in [0.2, 0.25) is 0 Å². The molecule has 0 fully saturated rings. The summed E-state index contributed by atoms with van der Waals surface area (Å²) in [5.41, 5.74) is 0.847. The number of alkyl halides is 2. The SMILES string of the molecule is CCOc1cc(CNC(=NC)NC2CCc3nc(COC)nn3C2)ccc1OC(F)F.I. The Balaban J connectivity index is 0.00000363. The van der Waals surface area contributed by atoms with E-state index in [0.717, 1.165) is 24.2 Å². The number of hydrogen-bond acceptors (Lipinski definition) is 6. The van der Waals surface area contributed by atoms with Crippen molar-refractivity contribution >= 4 is 29.9 Å². The lowest BCUT2D eigenvalue weighted by atomic mass is 10.1. The first-order valence-corrected chi connectivity index (χ1v) is 10.1. The van der Waals surface area contributed by atoms with Crippen molar-refractivity contribution < 1.29 is 23.0 Å². The molecule has 0 saturated heterocycles. The summed E-state index contributed by atoms with van der Waals surface area (Å²) in [6.07, 6.45) is 1.72. The molecule has 0 radical (unpaired) electrons. The van der Waals surface area contributed by atoms with Crippen LogP contribution in [0.3, 0.4) is 0 Å². The van der Waals surface area contributed by atoms with Gasteiger partial charge in [-0.2, -0.15) is 13.9 Å². The van der Waals surface area contributed by atoms with Gasteiger partial charge in [0, 0.05) is 33.2 Å². The Labute approximate surface area is 202 Å². The van der Waals surface area contributed by atoms with Crippen LogP contribution < -0.4 is 20.1 Å². The van der Waals surface area contributed by atoms with E-state index in [9.17, 15) is 8.78 Å². The summed E-state index contributed by atoms with van der Waals surface area (Å²) in [5.74, 6) is 2.58. The van der Waals surface area contributed by atoms with Crippen molar-refractivity contribution in [2.75, 3.05) is 20.8 Å². The molecule has 12 heteroatoms. The highest BCUT2D eigenvalue weighted by atomic mass is 127. The average molecular weight is 566 g/mol. The van der Waals surface area contributed by atoms with Gasteiger partial charge in [-0.05, 0) is 31.0 Å². The van der Waals surface area contributed by atoms with Gasteiger partial charge in [0.1, 0.15) is 12.4 Å². The third kappa shape index (κ3) is 7.15. The molecular weight excluding hydrogens is 537 g/mol. The number of fused-ring (bicyclic) bond motifs is 1. The molecule has 1 atom stereocenters. The zero-order valence-electron chi connectivity index (χ0n) is 18.3. The van der Waals surface area contributed by atoms with Crippen molar-refractivity contribution in [3.05, 3.63) is 35.4 Å². The first-order valence-electron chi connectivity index (χ1n) is 10.1. The molecule has 0 spiro atoms. The molecule has 9 nitrogen and oxygen atoms in total. The number of hydrogen-bond donors (Lipinski definition) is 2. The smallest absolute Gasteiger partial charge is 0.387 e. The Bertz CT molecular complexity index is 896. The van der Waals surface area contributed by atoms with Crippen LogP contribution in [-0.4, -0.2) is 54.1 Å². The molecule has 2 heterocycles. The Hall–Kier alpha value is -2.22. The highest BCUT2D eigenvalue weighted by Gasteiger charge is 2.22. The average Bonchev–Trinajstić information content (AvgIpc) is 3.14. The lowest BCUT2D eigenvalue weighted by Gasteiger charge is -2.25. The normalized spacial score (nSPS) is 15.7. The number of guanidine groups is 1. The molecule has 1 aromatic carbocycles. The molecule has 1 aliphatic rings. The van der Waals surface area contributed by atoms with Crippen LogP contribution in [0.4, 0.5) is 8.78 Å². The highest BCUT2D eigenvalue weighted by molar-refractivity contribution is 14.0. The lowest BCUT2D eigenvalue weighted by molar-refractivity contribution is -0.0514. The fourth-order valence-electron chi connectivity index (χ4n) is 3.37. The van der Waals surface area contributed by atoms with Gasteiger partial charge in [-0.25, -0.2) is 9.67 Å². The van der Waals surface area contributed by atoms with E-state index in [-0.39, 0.29) is 41.5 Å². The minimum atomic E-state index is -2.90. The van der Waals surface area contributed by atoms with Gasteiger partial charge < -0.3 is 24.8 Å². The molecule has 2 aromatic rings. The molecule has 1 aliphatic heterocycles. The number of ether oxygens (including phenoxy) is 3. The predicted octanol–water partition coefficient (Wildman–Crippen LogP) is 2.72. The predicted molar refractivity (Wildman–Crippen MR) is 126 cm³/mol. The minimum absolute atomic E-state index is 0. The Morgan fingerprint density at radius 1 is 1.34 bits per heavy atom.